The number of nitrogens with two attached hydrogens (primary N) is 1. The third-order valence-electron chi connectivity index (χ3n) is 4.46. The molecule has 0 spiro atoms. The zero-order valence-corrected chi connectivity index (χ0v) is 17.5. The van der Waals surface area contributed by atoms with E-state index in [2.05, 4.69) is 10.3 Å². The fourth-order valence-corrected chi connectivity index (χ4v) is 4.50. The van der Waals surface area contributed by atoms with Gasteiger partial charge in [-0.05, 0) is 41.8 Å². The summed E-state index contributed by atoms with van der Waals surface area (Å²) in [7, 11) is -2.68. The first-order valence-corrected chi connectivity index (χ1v) is 11.3. The average Bonchev–Trinajstić information content (AvgIpc) is 3.27. The molecule has 30 heavy (non-hydrogen) atoms. The molecular formula is C21H17N3O4S2. The quantitative estimate of drug-likeness (QED) is 0.490. The van der Waals surface area contributed by atoms with Crippen LogP contribution in [0.1, 0.15) is 10.4 Å². The summed E-state index contributed by atoms with van der Waals surface area (Å²) in [5.41, 5.74) is 2.09. The molecule has 0 saturated heterocycles. The highest BCUT2D eigenvalue weighted by Crippen LogP contribution is 2.30. The van der Waals surface area contributed by atoms with Crippen molar-refractivity contribution in [3.63, 3.8) is 0 Å². The SMILES string of the molecule is COc1ccc(NC(=O)c2cc(-c3cccs3)nc3ccccc23)cc1S(N)(=O)=O. The van der Waals surface area contributed by atoms with Gasteiger partial charge in [0, 0.05) is 11.1 Å². The number of nitrogens with zero attached hydrogens (tertiary/aromatic N) is 1. The van der Waals surface area contributed by atoms with Crippen molar-refractivity contribution in [3.05, 3.63) is 71.6 Å². The van der Waals surface area contributed by atoms with Crippen LogP contribution in [-0.4, -0.2) is 26.4 Å². The van der Waals surface area contributed by atoms with Crippen molar-refractivity contribution in [2.24, 2.45) is 5.14 Å². The maximum atomic E-state index is 13.1. The lowest BCUT2D eigenvalue weighted by Gasteiger charge is -2.12. The first-order valence-electron chi connectivity index (χ1n) is 8.82. The monoisotopic (exact) mass is 439 g/mol. The Kier molecular flexibility index (Phi) is 5.25. The van der Waals surface area contributed by atoms with Crippen molar-refractivity contribution >= 4 is 43.9 Å². The number of fused-ring (bicyclic) bond motifs is 1. The molecule has 0 fully saturated rings. The molecule has 7 nitrogen and oxygen atoms in total. The van der Waals surface area contributed by atoms with Gasteiger partial charge in [0.15, 0.2) is 0 Å². The third kappa shape index (κ3) is 3.90. The van der Waals surface area contributed by atoms with E-state index in [9.17, 15) is 13.2 Å². The summed E-state index contributed by atoms with van der Waals surface area (Å²) < 4.78 is 28.8. The van der Waals surface area contributed by atoms with Gasteiger partial charge < -0.3 is 10.1 Å². The largest absolute Gasteiger partial charge is 0.495 e. The summed E-state index contributed by atoms with van der Waals surface area (Å²) in [6.07, 6.45) is 0. The smallest absolute Gasteiger partial charge is 0.256 e. The van der Waals surface area contributed by atoms with Gasteiger partial charge >= 0.3 is 0 Å². The molecule has 0 atom stereocenters. The van der Waals surface area contributed by atoms with Gasteiger partial charge in [0.2, 0.25) is 10.0 Å². The van der Waals surface area contributed by atoms with Gasteiger partial charge in [0.05, 0.1) is 28.8 Å². The Balaban J connectivity index is 1.77. The predicted octanol–water partition coefficient (Wildman–Crippen LogP) is 3.87. The van der Waals surface area contributed by atoms with Gasteiger partial charge in [0.1, 0.15) is 10.6 Å². The number of sulfonamides is 1. The molecule has 1 amide bonds. The molecule has 0 saturated carbocycles. The van der Waals surface area contributed by atoms with Crippen LogP contribution in [0.2, 0.25) is 0 Å². The highest BCUT2D eigenvalue weighted by molar-refractivity contribution is 7.89. The van der Waals surface area contributed by atoms with Crippen LogP contribution in [-0.2, 0) is 10.0 Å². The lowest BCUT2D eigenvalue weighted by Crippen LogP contribution is -2.16. The number of nitrogens with one attached hydrogen (secondary N) is 1. The minimum absolute atomic E-state index is 0.102. The molecule has 9 heteroatoms. The van der Waals surface area contributed by atoms with E-state index in [0.717, 1.165) is 4.88 Å². The Morgan fingerprint density at radius 1 is 1.10 bits per heavy atom. The molecule has 152 valence electrons. The van der Waals surface area contributed by atoms with E-state index < -0.39 is 15.9 Å². The second kappa shape index (κ2) is 7.86. The van der Waals surface area contributed by atoms with Gasteiger partial charge in [-0.2, -0.15) is 0 Å². The van der Waals surface area contributed by atoms with E-state index >= 15 is 0 Å². The number of primary sulfonamides is 1. The predicted molar refractivity (Wildman–Crippen MR) is 117 cm³/mol. The van der Waals surface area contributed by atoms with Gasteiger partial charge in [0.25, 0.3) is 5.91 Å². The van der Waals surface area contributed by atoms with Crippen LogP contribution in [0.5, 0.6) is 5.75 Å². The minimum Gasteiger partial charge on any atom is -0.495 e. The fourth-order valence-electron chi connectivity index (χ4n) is 3.09. The van der Waals surface area contributed by atoms with E-state index in [1.54, 1.807) is 12.1 Å². The van der Waals surface area contributed by atoms with Crippen LogP contribution in [0.3, 0.4) is 0 Å². The number of benzene rings is 2. The summed E-state index contributed by atoms with van der Waals surface area (Å²) >= 11 is 1.53. The first kappa shape index (κ1) is 20.0. The molecule has 0 aliphatic heterocycles. The summed E-state index contributed by atoms with van der Waals surface area (Å²) in [6, 6.07) is 17.2. The van der Waals surface area contributed by atoms with E-state index in [-0.39, 0.29) is 16.3 Å². The number of rotatable bonds is 5. The van der Waals surface area contributed by atoms with Gasteiger partial charge in [-0.1, -0.05) is 24.3 Å². The topological polar surface area (TPSA) is 111 Å². The molecule has 2 heterocycles. The van der Waals surface area contributed by atoms with Crippen molar-refractivity contribution in [2.75, 3.05) is 12.4 Å². The third-order valence-corrected chi connectivity index (χ3v) is 6.29. The molecule has 3 N–H and O–H groups in total. The van der Waals surface area contributed by atoms with Crippen LogP contribution in [0.15, 0.2) is 70.9 Å². The van der Waals surface area contributed by atoms with Crippen LogP contribution < -0.4 is 15.2 Å². The summed E-state index contributed by atoms with van der Waals surface area (Å²) in [5.74, 6) is -0.290. The number of aromatic nitrogens is 1. The number of carbonyl (C=O) groups excluding carboxylic acids is 1. The maximum absolute atomic E-state index is 13.1. The molecule has 0 radical (unpaired) electrons. The van der Waals surface area contributed by atoms with Crippen molar-refractivity contribution in [1.82, 2.24) is 4.98 Å². The number of amides is 1. The van der Waals surface area contributed by atoms with Crippen molar-refractivity contribution in [1.29, 1.82) is 0 Å². The van der Waals surface area contributed by atoms with E-state index in [1.165, 1.54) is 30.6 Å². The molecule has 2 aromatic carbocycles. The zero-order chi connectivity index (χ0) is 21.3. The molecule has 0 bridgehead atoms. The molecule has 4 rings (SSSR count). The minimum atomic E-state index is -4.02. The summed E-state index contributed by atoms with van der Waals surface area (Å²) in [4.78, 5) is 18.5. The number of pyridine rings is 1. The Morgan fingerprint density at radius 2 is 1.90 bits per heavy atom. The Bertz CT molecular complexity index is 1350. The van der Waals surface area contributed by atoms with Crippen molar-refractivity contribution in [2.45, 2.75) is 4.90 Å². The second-order valence-corrected chi connectivity index (χ2v) is 8.89. The molecular weight excluding hydrogens is 422 g/mol. The van der Waals surface area contributed by atoms with Crippen molar-refractivity contribution in [3.8, 4) is 16.3 Å². The molecule has 4 aromatic rings. The number of methoxy groups -OCH3 is 1. The highest BCUT2D eigenvalue weighted by atomic mass is 32.2. The van der Waals surface area contributed by atoms with Gasteiger partial charge in [-0.15, -0.1) is 11.3 Å². The highest BCUT2D eigenvalue weighted by Gasteiger charge is 2.18. The summed E-state index contributed by atoms with van der Waals surface area (Å²) in [5, 5.41) is 10.6. The molecule has 0 unspecified atom stereocenters. The maximum Gasteiger partial charge on any atom is 0.256 e. The van der Waals surface area contributed by atoms with E-state index in [1.807, 2.05) is 41.8 Å². The second-order valence-electron chi connectivity index (χ2n) is 6.41. The normalized spacial score (nSPS) is 11.4. The first-order chi connectivity index (χ1) is 14.4. The van der Waals surface area contributed by atoms with Gasteiger partial charge in [-0.3, -0.25) is 4.79 Å². The van der Waals surface area contributed by atoms with Crippen molar-refractivity contribution < 1.29 is 17.9 Å². The lowest BCUT2D eigenvalue weighted by atomic mass is 10.1. The van der Waals surface area contributed by atoms with Crippen LogP contribution in [0.25, 0.3) is 21.5 Å². The number of carbonyl (C=O) groups is 1. The standard InChI is InChI=1S/C21H17N3O4S2/c1-28-18-9-8-13(11-20(18)30(22,26)27)23-21(25)15-12-17(19-7-4-10-29-19)24-16-6-3-2-5-14(15)16/h2-12H,1H3,(H,23,25)(H2,22,26,27). The fraction of sp³-hybridized carbons (Fsp3) is 0.0476. The number of thiophene rings is 1. The van der Waals surface area contributed by atoms with Crippen LogP contribution in [0.4, 0.5) is 5.69 Å². The number of anilines is 1. The Labute approximate surface area is 177 Å². The Hall–Kier alpha value is -3.27. The Morgan fingerprint density at radius 3 is 2.60 bits per heavy atom. The summed E-state index contributed by atoms with van der Waals surface area (Å²) in [6.45, 7) is 0. The van der Waals surface area contributed by atoms with Crippen LogP contribution in [0, 0.1) is 0 Å². The number of hydrogen-bond acceptors (Lipinski definition) is 6. The number of hydrogen-bond donors (Lipinski definition) is 2. The average molecular weight is 440 g/mol. The zero-order valence-electron chi connectivity index (χ0n) is 15.8. The van der Waals surface area contributed by atoms with E-state index in [4.69, 9.17) is 9.88 Å². The number of para-hydroxylation sites is 1. The molecule has 2 aromatic heterocycles. The lowest BCUT2D eigenvalue weighted by molar-refractivity contribution is 0.102. The van der Waals surface area contributed by atoms with E-state index in [0.29, 0.717) is 22.2 Å². The van der Waals surface area contributed by atoms with Crippen LogP contribution >= 0.6 is 11.3 Å². The molecule has 0 aliphatic rings. The van der Waals surface area contributed by atoms with Gasteiger partial charge in [-0.25, -0.2) is 18.5 Å². The molecule has 0 aliphatic carbocycles. The number of ether oxygens (including phenoxy) is 1.